The van der Waals surface area contributed by atoms with Gasteiger partial charge in [-0.25, -0.2) is 9.07 Å². The summed E-state index contributed by atoms with van der Waals surface area (Å²) in [6.07, 6.45) is 2.24. The maximum atomic E-state index is 13.5. The molecule has 0 aliphatic rings. The summed E-state index contributed by atoms with van der Waals surface area (Å²) < 4.78 is 15.6. The molecule has 0 spiro atoms. The second-order valence-corrected chi connectivity index (χ2v) is 6.18. The van der Waals surface area contributed by atoms with Gasteiger partial charge in [0.15, 0.2) is 6.29 Å². The van der Waals surface area contributed by atoms with Crippen molar-refractivity contribution in [1.29, 1.82) is 0 Å². The van der Waals surface area contributed by atoms with Crippen LogP contribution in [0.1, 0.15) is 10.4 Å². The Labute approximate surface area is 133 Å². The number of thiophene rings is 1. The molecule has 0 saturated carbocycles. The Morgan fingerprint density at radius 3 is 2.71 bits per heavy atom. The van der Waals surface area contributed by atoms with E-state index < -0.39 is 5.82 Å². The summed E-state index contributed by atoms with van der Waals surface area (Å²) in [5, 5.41) is 6.17. The van der Waals surface area contributed by atoms with Gasteiger partial charge < -0.3 is 0 Å². The fourth-order valence-electron chi connectivity index (χ4n) is 1.89. The molecule has 21 heavy (non-hydrogen) atoms. The van der Waals surface area contributed by atoms with Crippen LogP contribution in [0.3, 0.4) is 0 Å². The molecule has 0 unspecified atom stereocenters. The van der Waals surface area contributed by atoms with Crippen molar-refractivity contribution in [1.82, 2.24) is 9.78 Å². The third kappa shape index (κ3) is 2.72. The molecule has 7 heteroatoms. The minimum absolute atomic E-state index is 0.0337. The summed E-state index contributed by atoms with van der Waals surface area (Å²) in [5.74, 6) is -0.544. The monoisotopic (exact) mass is 340 g/mol. The van der Waals surface area contributed by atoms with Gasteiger partial charge in [-0.2, -0.15) is 5.10 Å². The highest BCUT2D eigenvalue weighted by Crippen LogP contribution is 2.30. The molecule has 3 nitrogen and oxygen atoms in total. The van der Waals surface area contributed by atoms with Gasteiger partial charge in [0.1, 0.15) is 11.5 Å². The SMILES string of the molecule is O=Cc1cn(-c2ccc(Cl)c(F)c2)nc1-c1csc(Cl)c1. The van der Waals surface area contributed by atoms with Crippen LogP contribution in [0.2, 0.25) is 9.36 Å². The molecular formula is C14H7Cl2FN2OS. The number of benzene rings is 1. The molecule has 3 aromatic rings. The minimum Gasteiger partial charge on any atom is -0.298 e. The van der Waals surface area contributed by atoms with E-state index in [0.29, 0.717) is 27.6 Å². The Kier molecular flexibility index (Phi) is 3.80. The molecule has 0 radical (unpaired) electrons. The molecule has 0 bridgehead atoms. The molecule has 0 atom stereocenters. The largest absolute Gasteiger partial charge is 0.298 e. The van der Waals surface area contributed by atoms with Gasteiger partial charge in [0.2, 0.25) is 0 Å². The van der Waals surface area contributed by atoms with Crippen molar-refractivity contribution in [3.8, 4) is 16.9 Å². The lowest BCUT2D eigenvalue weighted by atomic mass is 10.2. The van der Waals surface area contributed by atoms with Crippen LogP contribution in [0, 0.1) is 5.82 Å². The van der Waals surface area contributed by atoms with E-state index in [2.05, 4.69) is 5.10 Å². The zero-order valence-electron chi connectivity index (χ0n) is 10.4. The minimum atomic E-state index is -0.544. The van der Waals surface area contributed by atoms with E-state index in [4.69, 9.17) is 23.2 Å². The molecular weight excluding hydrogens is 334 g/mol. The second-order valence-electron chi connectivity index (χ2n) is 4.23. The van der Waals surface area contributed by atoms with Gasteiger partial charge in [-0.1, -0.05) is 23.2 Å². The summed E-state index contributed by atoms with van der Waals surface area (Å²) in [6, 6.07) is 6.05. The van der Waals surface area contributed by atoms with Crippen LogP contribution < -0.4 is 0 Å². The lowest BCUT2D eigenvalue weighted by Gasteiger charge is -2.02. The van der Waals surface area contributed by atoms with Gasteiger partial charge in [0.25, 0.3) is 0 Å². The Morgan fingerprint density at radius 2 is 2.10 bits per heavy atom. The van der Waals surface area contributed by atoms with Gasteiger partial charge in [0, 0.05) is 23.2 Å². The number of aldehydes is 1. The number of hydrogen-bond acceptors (Lipinski definition) is 3. The topological polar surface area (TPSA) is 34.9 Å². The quantitative estimate of drug-likeness (QED) is 0.638. The Bertz CT molecular complexity index is 828. The first-order valence-corrected chi connectivity index (χ1v) is 7.46. The van der Waals surface area contributed by atoms with Crippen LogP contribution in [-0.2, 0) is 0 Å². The van der Waals surface area contributed by atoms with E-state index in [9.17, 15) is 9.18 Å². The fraction of sp³-hybridized carbons (Fsp3) is 0. The van der Waals surface area contributed by atoms with Gasteiger partial charge in [-0.15, -0.1) is 11.3 Å². The molecule has 2 aromatic heterocycles. The molecule has 0 N–H and O–H groups in total. The summed E-state index contributed by atoms with van der Waals surface area (Å²) >= 11 is 12.9. The predicted molar refractivity (Wildman–Crippen MR) is 82.2 cm³/mol. The van der Waals surface area contributed by atoms with Gasteiger partial charge in [0.05, 0.1) is 20.6 Å². The number of carbonyl (C=O) groups is 1. The van der Waals surface area contributed by atoms with Crippen molar-refractivity contribution in [3.05, 3.63) is 56.6 Å². The number of halogens is 3. The molecule has 0 saturated heterocycles. The van der Waals surface area contributed by atoms with Crippen LogP contribution in [0.25, 0.3) is 16.9 Å². The molecule has 0 aliphatic carbocycles. The number of aromatic nitrogens is 2. The summed E-state index contributed by atoms with van der Waals surface area (Å²) in [5.41, 5.74) is 2.14. The third-order valence-corrected chi connectivity index (χ3v) is 4.28. The first-order valence-electron chi connectivity index (χ1n) is 5.83. The molecule has 0 aliphatic heterocycles. The van der Waals surface area contributed by atoms with Crippen LogP contribution in [0.4, 0.5) is 4.39 Å². The zero-order chi connectivity index (χ0) is 15.0. The summed E-state index contributed by atoms with van der Waals surface area (Å²) in [4.78, 5) is 11.2. The molecule has 3 rings (SSSR count). The maximum Gasteiger partial charge on any atom is 0.153 e. The van der Waals surface area contributed by atoms with E-state index >= 15 is 0 Å². The normalized spacial score (nSPS) is 10.8. The van der Waals surface area contributed by atoms with Crippen LogP contribution in [0.5, 0.6) is 0 Å². The van der Waals surface area contributed by atoms with E-state index in [0.717, 1.165) is 5.56 Å². The van der Waals surface area contributed by atoms with Crippen LogP contribution in [-0.4, -0.2) is 16.1 Å². The van der Waals surface area contributed by atoms with Gasteiger partial charge in [-0.05, 0) is 18.2 Å². The lowest BCUT2D eigenvalue weighted by molar-refractivity contribution is 0.112. The van der Waals surface area contributed by atoms with E-state index in [1.165, 1.54) is 34.3 Å². The number of rotatable bonds is 3. The fourth-order valence-corrected chi connectivity index (χ4v) is 2.87. The highest BCUT2D eigenvalue weighted by molar-refractivity contribution is 7.14. The van der Waals surface area contributed by atoms with Gasteiger partial charge >= 0.3 is 0 Å². The maximum absolute atomic E-state index is 13.5. The third-order valence-electron chi connectivity index (χ3n) is 2.88. The second kappa shape index (κ2) is 5.60. The predicted octanol–water partition coefficient (Wildman–Crippen LogP) is 4.86. The lowest BCUT2D eigenvalue weighted by Crippen LogP contribution is -1.95. The van der Waals surface area contributed by atoms with E-state index in [1.54, 1.807) is 12.1 Å². The van der Waals surface area contributed by atoms with E-state index in [-0.39, 0.29) is 5.02 Å². The van der Waals surface area contributed by atoms with Crippen molar-refractivity contribution >= 4 is 40.8 Å². The highest BCUT2D eigenvalue weighted by Gasteiger charge is 2.14. The molecule has 2 heterocycles. The van der Waals surface area contributed by atoms with Crippen LogP contribution in [0.15, 0.2) is 35.8 Å². The average Bonchev–Trinajstić information content (AvgIpc) is 3.07. The molecule has 0 fully saturated rings. The molecule has 0 amide bonds. The standard InChI is InChI=1S/C14H7Cl2FN2OS/c15-11-2-1-10(4-12(11)17)19-5-9(6-20)14(18-19)8-3-13(16)21-7-8/h1-7H. The number of carbonyl (C=O) groups excluding carboxylic acids is 1. The van der Waals surface area contributed by atoms with Crippen molar-refractivity contribution < 1.29 is 9.18 Å². The van der Waals surface area contributed by atoms with E-state index in [1.807, 2.05) is 5.38 Å². The highest BCUT2D eigenvalue weighted by atomic mass is 35.5. The van der Waals surface area contributed by atoms with Crippen molar-refractivity contribution in [3.63, 3.8) is 0 Å². The first kappa shape index (κ1) is 14.3. The van der Waals surface area contributed by atoms with Crippen LogP contribution >= 0.6 is 34.5 Å². The summed E-state index contributed by atoms with van der Waals surface area (Å²) in [7, 11) is 0. The Balaban J connectivity index is 2.10. The zero-order valence-corrected chi connectivity index (χ0v) is 12.7. The Hall–Kier alpha value is -1.69. The number of nitrogens with zero attached hydrogens (tertiary/aromatic N) is 2. The van der Waals surface area contributed by atoms with Crippen molar-refractivity contribution in [2.75, 3.05) is 0 Å². The molecule has 106 valence electrons. The average molecular weight is 341 g/mol. The Morgan fingerprint density at radius 1 is 1.29 bits per heavy atom. The van der Waals surface area contributed by atoms with Crippen molar-refractivity contribution in [2.45, 2.75) is 0 Å². The van der Waals surface area contributed by atoms with Crippen molar-refractivity contribution in [2.24, 2.45) is 0 Å². The first-order chi connectivity index (χ1) is 10.1. The van der Waals surface area contributed by atoms with Gasteiger partial charge in [-0.3, -0.25) is 4.79 Å². The smallest absolute Gasteiger partial charge is 0.153 e. The number of hydrogen-bond donors (Lipinski definition) is 0. The molecule has 1 aromatic carbocycles. The summed E-state index contributed by atoms with van der Waals surface area (Å²) in [6.45, 7) is 0.